The van der Waals surface area contributed by atoms with Crippen LogP contribution in [0.2, 0.25) is 0 Å². The van der Waals surface area contributed by atoms with E-state index < -0.39 is 15.9 Å². The fourth-order valence-electron chi connectivity index (χ4n) is 3.06. The molecule has 29 heavy (non-hydrogen) atoms. The predicted molar refractivity (Wildman–Crippen MR) is 108 cm³/mol. The molecule has 1 fully saturated rings. The molecule has 1 saturated heterocycles. The molecule has 10 heteroatoms. The Balaban J connectivity index is 1.86. The molecule has 2 aromatic rings. The molecule has 1 N–H and O–H groups in total. The topological polar surface area (TPSA) is 103 Å². The highest BCUT2D eigenvalue weighted by atomic mass is 32.2. The number of nitrogens with one attached hydrogen (secondary N) is 1. The second-order valence-corrected chi connectivity index (χ2v) is 8.54. The molecule has 9 nitrogen and oxygen atoms in total. The number of ether oxygens (including phenoxy) is 2. The summed E-state index contributed by atoms with van der Waals surface area (Å²) in [5.41, 5.74) is 0.223. The quantitative estimate of drug-likeness (QED) is 0.698. The summed E-state index contributed by atoms with van der Waals surface area (Å²) < 4.78 is 39.7. The van der Waals surface area contributed by atoms with Crippen molar-refractivity contribution in [2.45, 2.75) is 31.2 Å². The summed E-state index contributed by atoms with van der Waals surface area (Å²) in [6.45, 7) is 3.97. The van der Waals surface area contributed by atoms with Crippen molar-refractivity contribution < 1.29 is 22.7 Å². The van der Waals surface area contributed by atoms with E-state index in [1.54, 1.807) is 23.0 Å². The first kappa shape index (κ1) is 21.3. The number of sulfonamides is 1. The van der Waals surface area contributed by atoms with E-state index in [0.29, 0.717) is 25.6 Å². The van der Waals surface area contributed by atoms with E-state index in [9.17, 15) is 13.2 Å². The molecular weight excluding hydrogens is 396 g/mol. The van der Waals surface area contributed by atoms with Crippen LogP contribution in [-0.2, 0) is 21.3 Å². The van der Waals surface area contributed by atoms with Crippen molar-refractivity contribution in [3.63, 3.8) is 0 Å². The van der Waals surface area contributed by atoms with Crippen molar-refractivity contribution in [2.75, 3.05) is 38.7 Å². The van der Waals surface area contributed by atoms with Crippen molar-refractivity contribution in [3.8, 4) is 5.75 Å². The zero-order valence-corrected chi connectivity index (χ0v) is 17.4. The fraction of sp³-hybridized carbons (Fsp3) is 0.474. The average molecular weight is 423 g/mol. The number of methoxy groups -OCH3 is 1. The molecule has 0 bridgehead atoms. The highest BCUT2D eigenvalue weighted by molar-refractivity contribution is 7.89. The van der Waals surface area contributed by atoms with Gasteiger partial charge in [-0.1, -0.05) is 13.3 Å². The molecule has 2 heterocycles. The highest BCUT2D eigenvalue weighted by Crippen LogP contribution is 2.28. The number of nitrogens with zero attached hydrogens (tertiary/aromatic N) is 3. The van der Waals surface area contributed by atoms with Gasteiger partial charge in [-0.3, -0.25) is 4.79 Å². The number of amides is 1. The van der Waals surface area contributed by atoms with Crippen LogP contribution in [0.15, 0.2) is 35.4 Å². The van der Waals surface area contributed by atoms with Gasteiger partial charge in [-0.25, -0.2) is 13.1 Å². The molecule has 0 unspecified atom stereocenters. The van der Waals surface area contributed by atoms with Crippen LogP contribution in [0.1, 0.15) is 30.1 Å². The number of carbonyl (C=O) groups is 1. The first-order valence-corrected chi connectivity index (χ1v) is 11.0. The minimum atomic E-state index is -3.81. The number of carbonyl (C=O) groups excluding carboxylic acids is 1. The molecular formula is C19H26N4O5S. The number of aryl methyl sites for hydroxylation is 1. The lowest BCUT2D eigenvalue weighted by Gasteiger charge is -2.26. The second-order valence-electron chi connectivity index (χ2n) is 6.63. The molecule has 1 aromatic heterocycles. The third kappa shape index (κ3) is 4.77. The Kier molecular flexibility index (Phi) is 6.88. The van der Waals surface area contributed by atoms with Gasteiger partial charge >= 0.3 is 0 Å². The summed E-state index contributed by atoms with van der Waals surface area (Å²) in [6.07, 6.45) is 3.57. The monoisotopic (exact) mass is 422 g/mol. The average Bonchev–Trinajstić information content (AvgIpc) is 3.19. The van der Waals surface area contributed by atoms with Gasteiger partial charge in [-0.2, -0.15) is 9.40 Å². The minimum absolute atomic E-state index is 0.0333. The van der Waals surface area contributed by atoms with Crippen LogP contribution < -0.4 is 10.1 Å². The number of hydrogen-bond donors (Lipinski definition) is 1. The Bertz CT molecular complexity index is 951. The van der Waals surface area contributed by atoms with E-state index in [1.807, 2.05) is 0 Å². The molecule has 0 spiro atoms. The van der Waals surface area contributed by atoms with Crippen LogP contribution >= 0.6 is 0 Å². The first-order valence-electron chi connectivity index (χ1n) is 9.56. The van der Waals surface area contributed by atoms with Crippen LogP contribution in [0, 0.1) is 0 Å². The summed E-state index contributed by atoms with van der Waals surface area (Å²) in [5.74, 6) is 0.349. The zero-order valence-electron chi connectivity index (χ0n) is 16.6. The Hall–Kier alpha value is -2.43. The number of hydrogen-bond acceptors (Lipinski definition) is 6. The summed E-state index contributed by atoms with van der Waals surface area (Å²) in [5, 5.41) is 7.02. The molecule has 0 saturated carbocycles. The summed E-state index contributed by atoms with van der Waals surface area (Å²) in [4.78, 5) is 12.7. The van der Waals surface area contributed by atoms with Gasteiger partial charge in [-0.05, 0) is 24.6 Å². The summed E-state index contributed by atoms with van der Waals surface area (Å²) in [6, 6.07) is 6.10. The summed E-state index contributed by atoms with van der Waals surface area (Å²) in [7, 11) is -2.41. The molecule has 1 aliphatic heterocycles. The predicted octanol–water partition coefficient (Wildman–Crippen LogP) is 1.96. The molecule has 0 atom stereocenters. The summed E-state index contributed by atoms with van der Waals surface area (Å²) >= 11 is 0. The smallest absolute Gasteiger partial charge is 0.256 e. The van der Waals surface area contributed by atoms with Gasteiger partial charge in [0.2, 0.25) is 10.0 Å². The van der Waals surface area contributed by atoms with Gasteiger partial charge < -0.3 is 14.8 Å². The van der Waals surface area contributed by atoms with E-state index in [-0.39, 0.29) is 29.3 Å². The van der Waals surface area contributed by atoms with E-state index in [4.69, 9.17) is 9.47 Å². The molecule has 0 aliphatic carbocycles. The van der Waals surface area contributed by atoms with Gasteiger partial charge in [0.1, 0.15) is 16.5 Å². The van der Waals surface area contributed by atoms with Crippen LogP contribution in [-0.4, -0.2) is 61.8 Å². The Morgan fingerprint density at radius 2 is 2.03 bits per heavy atom. The lowest BCUT2D eigenvalue weighted by atomic mass is 10.2. The Labute approximate surface area is 170 Å². The fourth-order valence-corrected chi connectivity index (χ4v) is 4.65. The SMILES string of the molecule is CCCCn1nccc1NC(=O)c1ccc(OC)c(S(=O)(=O)N2CCOCC2)c1. The lowest BCUT2D eigenvalue weighted by molar-refractivity contribution is 0.0729. The van der Waals surface area contributed by atoms with Gasteiger partial charge in [0, 0.05) is 31.3 Å². The molecule has 3 rings (SSSR count). The van der Waals surface area contributed by atoms with Crippen LogP contribution in [0.3, 0.4) is 0 Å². The number of unbranched alkanes of at least 4 members (excludes halogenated alkanes) is 1. The molecule has 1 aliphatic rings. The van der Waals surface area contributed by atoms with E-state index in [0.717, 1.165) is 12.8 Å². The van der Waals surface area contributed by atoms with Crippen molar-refractivity contribution in [1.29, 1.82) is 0 Å². The van der Waals surface area contributed by atoms with Gasteiger partial charge in [0.25, 0.3) is 5.91 Å². The van der Waals surface area contributed by atoms with Crippen LogP contribution in [0.25, 0.3) is 0 Å². The van der Waals surface area contributed by atoms with Crippen molar-refractivity contribution in [3.05, 3.63) is 36.0 Å². The van der Waals surface area contributed by atoms with E-state index in [2.05, 4.69) is 17.3 Å². The maximum atomic E-state index is 13.1. The number of aromatic nitrogens is 2. The number of anilines is 1. The maximum absolute atomic E-state index is 13.1. The highest BCUT2D eigenvalue weighted by Gasteiger charge is 2.30. The number of morpholine rings is 1. The normalized spacial score (nSPS) is 15.2. The van der Waals surface area contributed by atoms with Gasteiger partial charge in [0.15, 0.2) is 0 Å². The Morgan fingerprint density at radius 1 is 1.28 bits per heavy atom. The Morgan fingerprint density at radius 3 is 2.72 bits per heavy atom. The number of benzene rings is 1. The van der Waals surface area contributed by atoms with E-state index in [1.165, 1.54) is 23.5 Å². The zero-order chi connectivity index (χ0) is 20.9. The van der Waals surface area contributed by atoms with E-state index >= 15 is 0 Å². The third-order valence-corrected chi connectivity index (χ3v) is 6.62. The minimum Gasteiger partial charge on any atom is -0.495 e. The van der Waals surface area contributed by atoms with Crippen molar-refractivity contribution in [2.24, 2.45) is 0 Å². The maximum Gasteiger partial charge on any atom is 0.256 e. The first-order chi connectivity index (χ1) is 14.0. The second kappa shape index (κ2) is 9.38. The molecule has 0 radical (unpaired) electrons. The lowest BCUT2D eigenvalue weighted by Crippen LogP contribution is -2.40. The standard InChI is InChI=1S/C19H26N4O5S/c1-3-4-9-23-18(7-8-20-23)21-19(24)15-5-6-16(27-2)17(14-15)29(25,26)22-10-12-28-13-11-22/h5-8,14H,3-4,9-13H2,1-2H3,(H,21,24). The van der Waals surface area contributed by atoms with Crippen molar-refractivity contribution >= 4 is 21.7 Å². The van der Waals surface area contributed by atoms with Gasteiger partial charge in [-0.15, -0.1) is 0 Å². The molecule has 1 amide bonds. The molecule has 1 aromatic carbocycles. The van der Waals surface area contributed by atoms with Crippen LogP contribution in [0.4, 0.5) is 5.82 Å². The largest absolute Gasteiger partial charge is 0.495 e. The third-order valence-electron chi connectivity index (χ3n) is 4.70. The van der Waals surface area contributed by atoms with Crippen molar-refractivity contribution in [1.82, 2.24) is 14.1 Å². The molecule has 158 valence electrons. The number of rotatable bonds is 8. The van der Waals surface area contributed by atoms with Crippen LogP contribution in [0.5, 0.6) is 5.75 Å². The van der Waals surface area contributed by atoms with Gasteiger partial charge in [0.05, 0.1) is 26.5 Å².